The molecule has 0 bridgehead atoms. The van der Waals surface area contributed by atoms with Gasteiger partial charge in [-0.2, -0.15) is 0 Å². The molecule has 1 N–H and O–H groups in total. The molecule has 0 heterocycles. The minimum atomic E-state index is -3.64. The SMILES string of the molecule is CC(=O)c1ccccc1NC(=O)C(C)OC(=O)c1ccccc1S(C)(=O)=O. The van der Waals surface area contributed by atoms with Gasteiger partial charge in [0.25, 0.3) is 5.91 Å². The number of ether oxygens (including phenoxy) is 1. The van der Waals surface area contributed by atoms with E-state index in [0.717, 1.165) is 6.26 Å². The van der Waals surface area contributed by atoms with E-state index in [9.17, 15) is 22.8 Å². The second-order valence-corrected chi connectivity index (χ2v) is 7.89. The first-order valence-corrected chi connectivity index (χ1v) is 9.91. The first kappa shape index (κ1) is 20.3. The fraction of sp³-hybridized carbons (Fsp3) is 0.211. The molecule has 0 aromatic heterocycles. The van der Waals surface area contributed by atoms with Crippen molar-refractivity contribution >= 4 is 33.2 Å². The zero-order valence-corrected chi connectivity index (χ0v) is 15.9. The zero-order chi connectivity index (χ0) is 20.2. The number of para-hydroxylation sites is 1. The van der Waals surface area contributed by atoms with Gasteiger partial charge in [0.2, 0.25) is 0 Å². The molecule has 142 valence electrons. The maximum Gasteiger partial charge on any atom is 0.340 e. The fourth-order valence-corrected chi connectivity index (χ4v) is 3.25. The topological polar surface area (TPSA) is 107 Å². The van der Waals surface area contributed by atoms with Crippen molar-refractivity contribution in [2.75, 3.05) is 11.6 Å². The standard InChI is InChI=1S/C19H19NO6S/c1-12(21)14-8-4-6-10-16(14)20-18(22)13(2)26-19(23)15-9-5-7-11-17(15)27(3,24)25/h4-11,13H,1-3H3,(H,20,22). The lowest BCUT2D eigenvalue weighted by Gasteiger charge is -2.15. The molecule has 0 radical (unpaired) electrons. The summed E-state index contributed by atoms with van der Waals surface area (Å²) in [6.07, 6.45) is -0.223. The summed E-state index contributed by atoms with van der Waals surface area (Å²) in [5.74, 6) is -1.80. The molecular formula is C19H19NO6S. The quantitative estimate of drug-likeness (QED) is 0.601. The number of rotatable bonds is 6. The molecule has 1 unspecified atom stereocenters. The van der Waals surface area contributed by atoms with Gasteiger partial charge in [-0.05, 0) is 38.1 Å². The van der Waals surface area contributed by atoms with Crippen molar-refractivity contribution < 1.29 is 27.5 Å². The summed E-state index contributed by atoms with van der Waals surface area (Å²) >= 11 is 0. The summed E-state index contributed by atoms with van der Waals surface area (Å²) in [4.78, 5) is 36.1. The lowest BCUT2D eigenvalue weighted by Crippen LogP contribution is -2.30. The van der Waals surface area contributed by atoms with E-state index in [1.54, 1.807) is 24.3 Å². The van der Waals surface area contributed by atoms with Gasteiger partial charge in [-0.1, -0.05) is 24.3 Å². The van der Waals surface area contributed by atoms with E-state index in [4.69, 9.17) is 4.74 Å². The molecule has 0 aliphatic heterocycles. The molecule has 0 spiro atoms. The van der Waals surface area contributed by atoms with Gasteiger partial charge in [0.05, 0.1) is 16.1 Å². The van der Waals surface area contributed by atoms with E-state index in [1.165, 1.54) is 38.1 Å². The highest BCUT2D eigenvalue weighted by Gasteiger charge is 2.24. The molecule has 2 rings (SSSR count). The van der Waals surface area contributed by atoms with Crippen molar-refractivity contribution in [2.45, 2.75) is 24.8 Å². The highest BCUT2D eigenvalue weighted by Crippen LogP contribution is 2.19. The van der Waals surface area contributed by atoms with E-state index < -0.39 is 27.8 Å². The Balaban J connectivity index is 2.16. The second kappa shape index (κ2) is 8.13. The lowest BCUT2D eigenvalue weighted by molar-refractivity contribution is -0.123. The minimum absolute atomic E-state index is 0.149. The molecule has 2 aromatic carbocycles. The van der Waals surface area contributed by atoms with Gasteiger partial charge < -0.3 is 10.1 Å². The van der Waals surface area contributed by atoms with Crippen molar-refractivity contribution in [1.82, 2.24) is 0 Å². The average Bonchev–Trinajstić information content (AvgIpc) is 2.61. The third-order valence-electron chi connectivity index (χ3n) is 3.72. The molecule has 1 atom stereocenters. The molecule has 0 fully saturated rings. The van der Waals surface area contributed by atoms with Gasteiger partial charge in [-0.3, -0.25) is 9.59 Å². The smallest absolute Gasteiger partial charge is 0.340 e. The number of ketones is 1. The summed E-state index contributed by atoms with van der Waals surface area (Å²) in [6.45, 7) is 2.73. The van der Waals surface area contributed by atoms with Crippen molar-refractivity contribution in [1.29, 1.82) is 0 Å². The van der Waals surface area contributed by atoms with Gasteiger partial charge in [0, 0.05) is 11.8 Å². The molecule has 0 saturated carbocycles. The lowest BCUT2D eigenvalue weighted by atomic mass is 10.1. The minimum Gasteiger partial charge on any atom is -0.449 e. The number of benzene rings is 2. The van der Waals surface area contributed by atoms with Gasteiger partial charge in [0.1, 0.15) is 0 Å². The van der Waals surface area contributed by atoms with E-state index >= 15 is 0 Å². The molecule has 27 heavy (non-hydrogen) atoms. The van der Waals surface area contributed by atoms with Crippen LogP contribution in [0.3, 0.4) is 0 Å². The van der Waals surface area contributed by atoms with Crippen LogP contribution in [0.5, 0.6) is 0 Å². The van der Waals surface area contributed by atoms with Crippen LogP contribution >= 0.6 is 0 Å². The van der Waals surface area contributed by atoms with Crippen LogP contribution in [0.25, 0.3) is 0 Å². The number of amides is 1. The molecule has 0 saturated heterocycles. The van der Waals surface area contributed by atoms with Crippen LogP contribution in [0.1, 0.15) is 34.6 Å². The van der Waals surface area contributed by atoms with E-state index in [0.29, 0.717) is 11.3 Å². The first-order chi connectivity index (χ1) is 12.6. The van der Waals surface area contributed by atoms with Crippen LogP contribution in [-0.4, -0.2) is 38.4 Å². The number of nitrogens with one attached hydrogen (secondary N) is 1. The number of Topliss-reactive ketones (excluding diaryl/α,β-unsaturated/α-hetero) is 1. The Morgan fingerprint density at radius 3 is 2.11 bits per heavy atom. The Bertz CT molecular complexity index is 997. The monoisotopic (exact) mass is 389 g/mol. The number of carbonyl (C=O) groups is 3. The van der Waals surface area contributed by atoms with Gasteiger partial charge in [-0.25, -0.2) is 13.2 Å². The highest BCUT2D eigenvalue weighted by atomic mass is 32.2. The van der Waals surface area contributed by atoms with Gasteiger partial charge in [0.15, 0.2) is 21.7 Å². The largest absolute Gasteiger partial charge is 0.449 e. The van der Waals surface area contributed by atoms with Gasteiger partial charge in [-0.15, -0.1) is 0 Å². The Morgan fingerprint density at radius 2 is 1.52 bits per heavy atom. The number of hydrogen-bond acceptors (Lipinski definition) is 6. The number of anilines is 1. The van der Waals surface area contributed by atoms with Crippen LogP contribution in [0, 0.1) is 0 Å². The van der Waals surface area contributed by atoms with Crippen molar-refractivity contribution in [3.63, 3.8) is 0 Å². The third-order valence-corrected chi connectivity index (χ3v) is 4.88. The predicted molar refractivity (Wildman–Crippen MR) is 99.5 cm³/mol. The molecular weight excluding hydrogens is 370 g/mol. The van der Waals surface area contributed by atoms with Crippen LogP contribution in [-0.2, 0) is 19.4 Å². The third kappa shape index (κ3) is 5.01. The number of sulfone groups is 1. The number of carbonyl (C=O) groups excluding carboxylic acids is 3. The highest BCUT2D eigenvalue weighted by molar-refractivity contribution is 7.90. The maximum absolute atomic E-state index is 12.3. The zero-order valence-electron chi connectivity index (χ0n) is 15.1. The van der Waals surface area contributed by atoms with E-state index in [1.807, 2.05) is 0 Å². The van der Waals surface area contributed by atoms with Crippen LogP contribution in [0.2, 0.25) is 0 Å². The second-order valence-electron chi connectivity index (χ2n) is 5.91. The predicted octanol–water partition coefficient (Wildman–Crippen LogP) is 2.48. The number of esters is 1. The Kier molecular flexibility index (Phi) is 6.12. The summed E-state index contributed by atoms with van der Waals surface area (Å²) in [5, 5.41) is 2.54. The van der Waals surface area contributed by atoms with Crippen LogP contribution in [0.15, 0.2) is 53.4 Å². The van der Waals surface area contributed by atoms with E-state index in [2.05, 4.69) is 5.32 Å². The van der Waals surface area contributed by atoms with Crippen LogP contribution in [0.4, 0.5) is 5.69 Å². The van der Waals surface area contributed by atoms with Gasteiger partial charge >= 0.3 is 5.97 Å². The molecule has 2 aromatic rings. The summed E-state index contributed by atoms with van der Waals surface area (Å²) in [5.41, 5.74) is 0.477. The van der Waals surface area contributed by atoms with Crippen molar-refractivity contribution in [3.8, 4) is 0 Å². The molecule has 1 amide bonds. The number of hydrogen-bond donors (Lipinski definition) is 1. The molecule has 0 aliphatic rings. The summed E-state index contributed by atoms with van der Waals surface area (Å²) in [6, 6.07) is 12.0. The Hall–Kier alpha value is -3.00. The molecule has 8 heteroatoms. The summed E-state index contributed by atoms with van der Waals surface area (Å²) < 4.78 is 28.7. The Morgan fingerprint density at radius 1 is 0.963 bits per heavy atom. The average molecular weight is 389 g/mol. The van der Waals surface area contributed by atoms with E-state index in [-0.39, 0.29) is 16.2 Å². The molecule has 0 aliphatic carbocycles. The molecule has 7 nitrogen and oxygen atoms in total. The van der Waals surface area contributed by atoms with Crippen molar-refractivity contribution in [2.24, 2.45) is 0 Å². The first-order valence-electron chi connectivity index (χ1n) is 8.02. The normalized spacial score (nSPS) is 12.1. The summed E-state index contributed by atoms with van der Waals surface area (Å²) in [7, 11) is -3.64. The van der Waals surface area contributed by atoms with Crippen LogP contribution < -0.4 is 5.32 Å². The fourth-order valence-electron chi connectivity index (χ4n) is 2.37. The Labute approximate surface area is 157 Å². The maximum atomic E-state index is 12.3. The van der Waals surface area contributed by atoms with Crippen molar-refractivity contribution in [3.05, 3.63) is 59.7 Å².